The first kappa shape index (κ1) is 18.0. The standard InChI is InChI=1S/C21H13F3N6/c22-16-4-1-5-17(23)15(16)10-30-11-19(27-29-30)20-14-9-12(6-7-18(14)26-28-20)13-3-2-8-25-21(13)24/h1-9,11H,10H2,(H,26,28). The van der Waals surface area contributed by atoms with Gasteiger partial charge in [0.25, 0.3) is 0 Å². The van der Waals surface area contributed by atoms with Crippen molar-refractivity contribution in [1.29, 1.82) is 0 Å². The van der Waals surface area contributed by atoms with Crippen LogP contribution in [0.4, 0.5) is 13.2 Å². The van der Waals surface area contributed by atoms with E-state index >= 15 is 0 Å². The van der Waals surface area contributed by atoms with Crippen LogP contribution in [0.1, 0.15) is 5.56 Å². The smallest absolute Gasteiger partial charge is 0.220 e. The van der Waals surface area contributed by atoms with Crippen LogP contribution >= 0.6 is 0 Å². The van der Waals surface area contributed by atoms with Gasteiger partial charge in [-0.15, -0.1) is 5.10 Å². The third-order valence-corrected chi connectivity index (χ3v) is 4.80. The van der Waals surface area contributed by atoms with Gasteiger partial charge in [0.05, 0.1) is 18.3 Å². The van der Waals surface area contributed by atoms with Crippen molar-refractivity contribution in [3.05, 3.63) is 84.1 Å². The van der Waals surface area contributed by atoms with Gasteiger partial charge in [0.15, 0.2) is 0 Å². The molecule has 0 saturated heterocycles. The highest BCUT2D eigenvalue weighted by molar-refractivity contribution is 5.94. The van der Waals surface area contributed by atoms with Gasteiger partial charge in [0.2, 0.25) is 5.95 Å². The van der Waals surface area contributed by atoms with Gasteiger partial charge in [-0.25, -0.2) is 18.4 Å². The lowest BCUT2D eigenvalue weighted by Gasteiger charge is -2.04. The molecule has 0 amide bonds. The molecule has 5 aromatic rings. The van der Waals surface area contributed by atoms with E-state index in [4.69, 9.17) is 0 Å². The Hall–Kier alpha value is -4.01. The van der Waals surface area contributed by atoms with E-state index in [-0.39, 0.29) is 12.1 Å². The second-order valence-corrected chi connectivity index (χ2v) is 6.68. The van der Waals surface area contributed by atoms with E-state index in [9.17, 15) is 13.2 Å². The van der Waals surface area contributed by atoms with Crippen LogP contribution in [0.5, 0.6) is 0 Å². The molecule has 9 heteroatoms. The summed E-state index contributed by atoms with van der Waals surface area (Å²) in [6.45, 7) is -0.111. The molecule has 0 atom stereocenters. The molecule has 2 aromatic carbocycles. The van der Waals surface area contributed by atoms with Gasteiger partial charge in [-0.2, -0.15) is 9.49 Å². The van der Waals surface area contributed by atoms with Crippen LogP contribution in [0.2, 0.25) is 0 Å². The van der Waals surface area contributed by atoms with Crippen LogP contribution < -0.4 is 0 Å². The fraction of sp³-hybridized carbons (Fsp3) is 0.0476. The predicted octanol–water partition coefficient (Wildman–Crippen LogP) is 4.35. The maximum Gasteiger partial charge on any atom is 0.220 e. The Morgan fingerprint density at radius 1 is 0.967 bits per heavy atom. The van der Waals surface area contributed by atoms with Crippen molar-refractivity contribution in [1.82, 2.24) is 30.2 Å². The van der Waals surface area contributed by atoms with E-state index in [1.54, 1.807) is 36.5 Å². The lowest BCUT2D eigenvalue weighted by atomic mass is 10.0. The van der Waals surface area contributed by atoms with Crippen molar-refractivity contribution < 1.29 is 13.2 Å². The Morgan fingerprint density at radius 3 is 2.60 bits per heavy atom. The minimum atomic E-state index is -0.652. The molecule has 3 aromatic heterocycles. The van der Waals surface area contributed by atoms with Gasteiger partial charge in [-0.1, -0.05) is 17.3 Å². The normalized spacial score (nSPS) is 11.3. The monoisotopic (exact) mass is 406 g/mol. The zero-order valence-electron chi connectivity index (χ0n) is 15.4. The molecule has 0 radical (unpaired) electrons. The second-order valence-electron chi connectivity index (χ2n) is 6.68. The van der Waals surface area contributed by atoms with E-state index in [1.807, 2.05) is 0 Å². The van der Waals surface area contributed by atoms with Crippen LogP contribution in [0.15, 0.2) is 60.9 Å². The molecule has 30 heavy (non-hydrogen) atoms. The van der Waals surface area contributed by atoms with Crippen molar-refractivity contribution in [2.45, 2.75) is 6.54 Å². The molecule has 5 rings (SSSR count). The van der Waals surface area contributed by atoms with E-state index in [2.05, 4.69) is 25.5 Å². The average molecular weight is 406 g/mol. The molecule has 3 heterocycles. The second kappa shape index (κ2) is 7.11. The molecule has 148 valence electrons. The summed E-state index contributed by atoms with van der Waals surface area (Å²) in [5, 5.41) is 15.9. The van der Waals surface area contributed by atoms with E-state index in [0.717, 1.165) is 5.52 Å². The van der Waals surface area contributed by atoms with Gasteiger partial charge in [0, 0.05) is 22.7 Å². The summed E-state index contributed by atoms with van der Waals surface area (Å²) in [5.74, 6) is -1.87. The number of nitrogens with zero attached hydrogens (tertiary/aromatic N) is 5. The largest absolute Gasteiger partial charge is 0.277 e. The van der Waals surface area contributed by atoms with Gasteiger partial charge < -0.3 is 0 Å². The van der Waals surface area contributed by atoms with E-state index in [0.29, 0.717) is 27.9 Å². The van der Waals surface area contributed by atoms with Crippen molar-refractivity contribution in [2.24, 2.45) is 0 Å². The topological polar surface area (TPSA) is 72.3 Å². The number of H-pyrrole nitrogens is 1. The Kier molecular flexibility index (Phi) is 4.27. The minimum absolute atomic E-state index is 0.102. The number of halogens is 3. The van der Waals surface area contributed by atoms with Crippen LogP contribution in [-0.2, 0) is 6.54 Å². The Balaban J connectivity index is 1.53. The first-order chi connectivity index (χ1) is 14.6. The molecule has 0 aliphatic heterocycles. The van der Waals surface area contributed by atoms with Crippen LogP contribution in [0.25, 0.3) is 33.4 Å². The molecular formula is C21H13F3N6. The number of pyridine rings is 1. The molecular weight excluding hydrogens is 393 g/mol. The Morgan fingerprint density at radius 2 is 1.80 bits per heavy atom. The molecule has 1 N–H and O–H groups in total. The summed E-state index contributed by atoms with van der Waals surface area (Å²) in [7, 11) is 0. The molecule has 0 bridgehead atoms. The van der Waals surface area contributed by atoms with Crippen LogP contribution in [0, 0.1) is 17.6 Å². The number of aromatic nitrogens is 6. The minimum Gasteiger partial charge on any atom is -0.277 e. The quantitative estimate of drug-likeness (QED) is 0.451. The van der Waals surface area contributed by atoms with Gasteiger partial charge in [-0.05, 0) is 42.0 Å². The third-order valence-electron chi connectivity index (χ3n) is 4.80. The number of hydrogen-bond acceptors (Lipinski definition) is 4. The molecule has 0 spiro atoms. The van der Waals surface area contributed by atoms with Gasteiger partial charge >= 0.3 is 0 Å². The van der Waals surface area contributed by atoms with Crippen molar-refractivity contribution in [2.75, 3.05) is 0 Å². The summed E-state index contributed by atoms with van der Waals surface area (Å²) in [6, 6.07) is 12.3. The number of fused-ring (bicyclic) bond motifs is 1. The number of rotatable bonds is 4. The van der Waals surface area contributed by atoms with Gasteiger partial charge in [-0.3, -0.25) is 5.10 Å². The number of hydrogen-bond donors (Lipinski definition) is 1. The Labute approximate surface area is 168 Å². The van der Waals surface area contributed by atoms with Crippen molar-refractivity contribution in [3.63, 3.8) is 0 Å². The summed E-state index contributed by atoms with van der Waals surface area (Å²) in [4.78, 5) is 3.68. The van der Waals surface area contributed by atoms with Crippen LogP contribution in [0.3, 0.4) is 0 Å². The molecule has 0 fully saturated rings. The Bertz CT molecular complexity index is 1350. The fourth-order valence-electron chi connectivity index (χ4n) is 3.31. The molecule has 6 nitrogen and oxygen atoms in total. The number of aromatic amines is 1. The molecule has 0 saturated carbocycles. The lowest BCUT2D eigenvalue weighted by Crippen LogP contribution is -2.05. The lowest BCUT2D eigenvalue weighted by molar-refractivity contribution is 0.528. The van der Waals surface area contributed by atoms with E-state index < -0.39 is 17.6 Å². The molecule has 0 aliphatic rings. The summed E-state index contributed by atoms with van der Waals surface area (Å²) >= 11 is 0. The highest BCUT2D eigenvalue weighted by Gasteiger charge is 2.16. The fourth-order valence-corrected chi connectivity index (χ4v) is 3.31. The highest BCUT2D eigenvalue weighted by Crippen LogP contribution is 2.30. The zero-order valence-corrected chi connectivity index (χ0v) is 15.4. The molecule has 0 aliphatic carbocycles. The van der Waals surface area contributed by atoms with E-state index in [1.165, 1.54) is 29.1 Å². The summed E-state index contributed by atoms with van der Waals surface area (Å²) < 4.78 is 43.2. The van der Waals surface area contributed by atoms with Gasteiger partial charge in [0.1, 0.15) is 23.0 Å². The maximum absolute atomic E-state index is 14.1. The predicted molar refractivity (Wildman–Crippen MR) is 104 cm³/mol. The SMILES string of the molecule is Fc1cccc(F)c1Cn1cc(-c2n[nH]c3ccc(-c4cccnc4F)cc23)nn1. The highest BCUT2D eigenvalue weighted by atomic mass is 19.1. The average Bonchev–Trinajstić information content (AvgIpc) is 3.37. The third kappa shape index (κ3) is 3.10. The summed E-state index contributed by atoms with van der Waals surface area (Å²) in [6.07, 6.45) is 2.94. The summed E-state index contributed by atoms with van der Waals surface area (Å²) in [5.41, 5.74) is 2.54. The first-order valence-electron chi connectivity index (χ1n) is 9.02. The maximum atomic E-state index is 14.1. The van der Waals surface area contributed by atoms with Crippen molar-refractivity contribution in [3.8, 4) is 22.5 Å². The first-order valence-corrected chi connectivity index (χ1v) is 9.02. The zero-order chi connectivity index (χ0) is 20.7. The number of nitrogens with one attached hydrogen (secondary N) is 1. The van der Waals surface area contributed by atoms with Crippen LogP contribution in [-0.4, -0.2) is 30.2 Å². The number of benzene rings is 2. The molecule has 0 unspecified atom stereocenters. The van der Waals surface area contributed by atoms with Crippen molar-refractivity contribution >= 4 is 10.9 Å².